The molecule has 0 heterocycles. The molecule has 4 nitrogen and oxygen atoms in total. The highest BCUT2D eigenvalue weighted by Gasteiger charge is 2.03. The van der Waals surface area contributed by atoms with Crippen molar-refractivity contribution in [2.75, 3.05) is 13.2 Å². The van der Waals surface area contributed by atoms with Crippen molar-refractivity contribution in [3.8, 4) is 5.75 Å². The summed E-state index contributed by atoms with van der Waals surface area (Å²) in [5.74, 6) is -1.48. The van der Waals surface area contributed by atoms with Gasteiger partial charge in [0, 0.05) is 6.07 Å². The summed E-state index contributed by atoms with van der Waals surface area (Å²) >= 11 is 0. The Morgan fingerprint density at radius 1 is 1.33 bits per heavy atom. The Balaban J connectivity index is 2.47. The topological polar surface area (TPSA) is 73.6 Å². The molecule has 0 aliphatic heterocycles. The van der Waals surface area contributed by atoms with Gasteiger partial charge in [-0.15, -0.1) is 0 Å². The molecule has 1 aromatic carbocycles. The number of rotatable bonds is 4. The Labute approximate surface area is 85.5 Å². The van der Waals surface area contributed by atoms with Gasteiger partial charge in [-0.05, 0) is 12.1 Å². The lowest BCUT2D eigenvalue weighted by Crippen LogP contribution is -2.23. The van der Waals surface area contributed by atoms with Gasteiger partial charge in [0.05, 0.1) is 6.54 Å². The van der Waals surface area contributed by atoms with Crippen LogP contribution in [0.25, 0.3) is 0 Å². The molecule has 0 bridgehead atoms. The van der Waals surface area contributed by atoms with Gasteiger partial charge in [0.15, 0.2) is 17.5 Å². The van der Waals surface area contributed by atoms with Crippen LogP contribution in [0, 0.1) is 11.6 Å². The second kappa shape index (κ2) is 5.14. The fraction of sp³-hybridized carbons (Fsp3) is 0.222. The molecule has 0 aliphatic rings. The summed E-state index contributed by atoms with van der Waals surface area (Å²) in [4.78, 5) is 3.64. The van der Waals surface area contributed by atoms with Crippen molar-refractivity contribution in [1.82, 2.24) is 0 Å². The molecular weight excluding hydrogens is 204 g/mol. The molecule has 0 saturated carbocycles. The molecule has 6 heteroatoms. The monoisotopic (exact) mass is 215 g/mol. The van der Waals surface area contributed by atoms with Crippen molar-refractivity contribution in [1.29, 1.82) is 0 Å². The van der Waals surface area contributed by atoms with E-state index >= 15 is 0 Å². The first-order chi connectivity index (χ1) is 7.09. The Morgan fingerprint density at radius 2 is 2.07 bits per heavy atom. The van der Waals surface area contributed by atoms with Crippen molar-refractivity contribution < 1.29 is 13.5 Å². The smallest absolute Gasteiger partial charge is 0.186 e. The molecule has 0 aliphatic carbocycles. The summed E-state index contributed by atoms with van der Waals surface area (Å²) < 4.78 is 30.5. The second-order valence-corrected chi connectivity index (χ2v) is 2.73. The van der Waals surface area contributed by atoms with E-state index in [2.05, 4.69) is 4.99 Å². The highest BCUT2D eigenvalue weighted by molar-refractivity contribution is 5.75. The molecule has 0 radical (unpaired) electrons. The lowest BCUT2D eigenvalue weighted by atomic mass is 10.3. The van der Waals surface area contributed by atoms with Gasteiger partial charge < -0.3 is 16.2 Å². The van der Waals surface area contributed by atoms with Crippen LogP contribution in [0.2, 0.25) is 0 Å². The van der Waals surface area contributed by atoms with Gasteiger partial charge >= 0.3 is 0 Å². The first-order valence-electron chi connectivity index (χ1n) is 4.23. The maximum atomic E-state index is 13.0. The van der Waals surface area contributed by atoms with Gasteiger partial charge in [0.1, 0.15) is 12.4 Å². The van der Waals surface area contributed by atoms with Crippen LogP contribution >= 0.6 is 0 Å². The fourth-order valence-corrected chi connectivity index (χ4v) is 0.923. The molecule has 0 spiro atoms. The summed E-state index contributed by atoms with van der Waals surface area (Å²) in [5, 5.41) is 0. The quantitative estimate of drug-likeness (QED) is 0.439. The van der Waals surface area contributed by atoms with Crippen LogP contribution in [-0.4, -0.2) is 19.1 Å². The maximum Gasteiger partial charge on any atom is 0.186 e. The van der Waals surface area contributed by atoms with Crippen molar-refractivity contribution >= 4 is 5.96 Å². The number of nitrogens with two attached hydrogens (primary N) is 2. The Kier molecular flexibility index (Phi) is 3.84. The number of hydrogen-bond donors (Lipinski definition) is 2. The summed E-state index contributed by atoms with van der Waals surface area (Å²) in [6.45, 7) is 0.347. The Morgan fingerprint density at radius 3 is 2.67 bits per heavy atom. The summed E-state index contributed by atoms with van der Waals surface area (Å²) in [5.41, 5.74) is 10.1. The third-order valence-electron chi connectivity index (χ3n) is 1.54. The molecular formula is C9H11F2N3O. The molecule has 1 aromatic rings. The number of halogens is 2. The van der Waals surface area contributed by atoms with E-state index in [1.54, 1.807) is 0 Å². The van der Waals surface area contributed by atoms with Crippen LogP contribution in [0.15, 0.2) is 23.2 Å². The van der Waals surface area contributed by atoms with Gasteiger partial charge in [-0.25, -0.2) is 8.78 Å². The summed E-state index contributed by atoms with van der Waals surface area (Å²) in [6.07, 6.45) is 0. The molecule has 4 N–H and O–H groups in total. The zero-order valence-corrected chi connectivity index (χ0v) is 7.91. The van der Waals surface area contributed by atoms with Crippen LogP contribution in [0.5, 0.6) is 5.75 Å². The standard InChI is InChI=1S/C9H11F2N3O/c10-6-1-2-8(7(11)5-6)15-4-3-14-9(12)13/h1-2,5H,3-4H2,(H4,12,13,14). The average Bonchev–Trinajstić information content (AvgIpc) is 2.14. The number of hydrogen-bond acceptors (Lipinski definition) is 2. The minimum Gasteiger partial charge on any atom is -0.489 e. The van der Waals surface area contributed by atoms with E-state index < -0.39 is 11.6 Å². The maximum absolute atomic E-state index is 13.0. The molecule has 15 heavy (non-hydrogen) atoms. The van der Waals surface area contributed by atoms with Crippen molar-refractivity contribution in [2.24, 2.45) is 16.5 Å². The van der Waals surface area contributed by atoms with Crippen LogP contribution in [0.4, 0.5) is 8.78 Å². The average molecular weight is 215 g/mol. The van der Waals surface area contributed by atoms with E-state index in [4.69, 9.17) is 16.2 Å². The first kappa shape index (κ1) is 11.2. The van der Waals surface area contributed by atoms with Crippen LogP contribution < -0.4 is 16.2 Å². The molecule has 0 fully saturated rings. The van der Waals surface area contributed by atoms with E-state index in [0.717, 1.165) is 12.1 Å². The molecule has 0 amide bonds. The van der Waals surface area contributed by atoms with Gasteiger partial charge in [-0.2, -0.15) is 0 Å². The van der Waals surface area contributed by atoms with E-state index in [1.807, 2.05) is 0 Å². The molecule has 1 rings (SSSR count). The van der Waals surface area contributed by atoms with E-state index in [9.17, 15) is 8.78 Å². The number of benzene rings is 1. The van der Waals surface area contributed by atoms with Crippen LogP contribution in [0.1, 0.15) is 0 Å². The highest BCUT2D eigenvalue weighted by Crippen LogP contribution is 2.17. The first-order valence-corrected chi connectivity index (χ1v) is 4.23. The summed E-state index contributed by atoms with van der Waals surface area (Å²) in [7, 11) is 0. The normalized spacial score (nSPS) is 9.73. The number of aliphatic imine (C=N–C) groups is 1. The number of nitrogens with zero attached hydrogens (tertiary/aromatic N) is 1. The lowest BCUT2D eigenvalue weighted by molar-refractivity contribution is 0.310. The predicted molar refractivity (Wildman–Crippen MR) is 52.5 cm³/mol. The minimum absolute atomic E-state index is 0.0257. The van der Waals surface area contributed by atoms with Crippen molar-refractivity contribution in [3.05, 3.63) is 29.8 Å². The summed E-state index contributed by atoms with van der Waals surface area (Å²) in [6, 6.07) is 3.06. The van der Waals surface area contributed by atoms with Gasteiger partial charge in [-0.3, -0.25) is 4.99 Å². The largest absolute Gasteiger partial charge is 0.489 e. The van der Waals surface area contributed by atoms with Crippen molar-refractivity contribution in [3.63, 3.8) is 0 Å². The third kappa shape index (κ3) is 3.80. The van der Waals surface area contributed by atoms with Crippen LogP contribution in [0.3, 0.4) is 0 Å². The van der Waals surface area contributed by atoms with E-state index in [0.29, 0.717) is 0 Å². The molecule has 0 aromatic heterocycles. The molecule has 0 atom stereocenters. The number of ether oxygens (including phenoxy) is 1. The van der Waals surface area contributed by atoms with Gasteiger partial charge in [0.25, 0.3) is 0 Å². The second-order valence-electron chi connectivity index (χ2n) is 2.73. The van der Waals surface area contributed by atoms with Gasteiger partial charge in [-0.1, -0.05) is 0 Å². The fourth-order valence-electron chi connectivity index (χ4n) is 0.923. The molecule has 82 valence electrons. The predicted octanol–water partition coefficient (Wildman–Crippen LogP) is 0.617. The van der Waals surface area contributed by atoms with Gasteiger partial charge in [0.2, 0.25) is 0 Å². The number of guanidine groups is 1. The lowest BCUT2D eigenvalue weighted by Gasteiger charge is -2.05. The van der Waals surface area contributed by atoms with Crippen molar-refractivity contribution in [2.45, 2.75) is 0 Å². The zero-order chi connectivity index (χ0) is 11.3. The minimum atomic E-state index is -0.750. The Hall–Kier alpha value is -1.85. The molecule has 0 unspecified atom stereocenters. The highest BCUT2D eigenvalue weighted by atomic mass is 19.1. The van der Waals surface area contributed by atoms with E-state index in [1.165, 1.54) is 6.07 Å². The van der Waals surface area contributed by atoms with Crippen LogP contribution in [-0.2, 0) is 0 Å². The van der Waals surface area contributed by atoms with E-state index in [-0.39, 0.29) is 24.9 Å². The third-order valence-corrected chi connectivity index (χ3v) is 1.54. The zero-order valence-electron chi connectivity index (χ0n) is 7.91. The SMILES string of the molecule is NC(N)=NCCOc1ccc(F)cc1F. The Bertz CT molecular complexity index is 364. The molecule has 0 saturated heterocycles.